The van der Waals surface area contributed by atoms with E-state index >= 15 is 0 Å². The van der Waals surface area contributed by atoms with E-state index in [1.165, 1.54) is 18.5 Å². The van der Waals surface area contributed by atoms with E-state index < -0.39 is 20.5 Å². The molecular formula is C13H28O3Si. The fourth-order valence-corrected chi connectivity index (χ4v) is 5.58. The van der Waals surface area contributed by atoms with Crippen LogP contribution in [0, 0.1) is 5.92 Å². The van der Waals surface area contributed by atoms with E-state index in [1.54, 1.807) is 0 Å². The van der Waals surface area contributed by atoms with Crippen LogP contribution in [0.25, 0.3) is 0 Å². The molecular weight excluding hydrogens is 232 g/mol. The quantitative estimate of drug-likeness (QED) is 0.722. The zero-order valence-electron chi connectivity index (χ0n) is 11.5. The molecule has 17 heavy (non-hydrogen) atoms. The molecule has 1 saturated carbocycles. The molecule has 0 bridgehead atoms. The summed E-state index contributed by atoms with van der Waals surface area (Å²) in [4.78, 5) is 0. The van der Waals surface area contributed by atoms with Gasteiger partial charge in [0, 0.05) is 7.11 Å². The molecule has 1 fully saturated rings. The predicted octanol–water partition coefficient (Wildman–Crippen LogP) is 2.53. The minimum atomic E-state index is -1.49. The Balaban J connectivity index is 2.34. The molecule has 0 heterocycles. The van der Waals surface area contributed by atoms with E-state index in [1.807, 2.05) is 7.11 Å². The first-order valence-corrected chi connectivity index (χ1v) is 9.74. The van der Waals surface area contributed by atoms with Crippen molar-refractivity contribution in [1.29, 1.82) is 0 Å². The molecule has 4 atom stereocenters. The van der Waals surface area contributed by atoms with Gasteiger partial charge in [0.25, 0.3) is 0 Å². The van der Waals surface area contributed by atoms with Gasteiger partial charge in [-0.2, -0.15) is 0 Å². The maximum atomic E-state index is 9.67. The van der Waals surface area contributed by atoms with Gasteiger partial charge in [-0.1, -0.05) is 19.8 Å². The van der Waals surface area contributed by atoms with Crippen LogP contribution in [-0.4, -0.2) is 37.8 Å². The minimum Gasteiger partial charge on any atom is -0.420 e. The van der Waals surface area contributed by atoms with Gasteiger partial charge < -0.3 is 14.6 Å². The van der Waals surface area contributed by atoms with Crippen molar-refractivity contribution in [1.82, 2.24) is 0 Å². The molecule has 2 N–H and O–H groups in total. The van der Waals surface area contributed by atoms with Crippen molar-refractivity contribution in [2.24, 2.45) is 5.92 Å². The SMILES string of the molecule is CCC[Si](C)(CCC1CCC(O)C(O)C1)OC. The summed E-state index contributed by atoms with van der Waals surface area (Å²) in [6.07, 6.45) is 3.93. The molecule has 0 aromatic carbocycles. The zero-order chi connectivity index (χ0) is 12.9. The van der Waals surface area contributed by atoms with Crippen LogP contribution in [0.15, 0.2) is 0 Å². The monoisotopic (exact) mass is 260 g/mol. The second-order valence-corrected chi connectivity index (χ2v) is 10.1. The average molecular weight is 260 g/mol. The Morgan fingerprint density at radius 3 is 2.41 bits per heavy atom. The minimum absolute atomic E-state index is 0.493. The molecule has 0 aromatic rings. The summed E-state index contributed by atoms with van der Waals surface area (Å²) in [6.45, 7) is 4.52. The van der Waals surface area contributed by atoms with Crippen LogP contribution in [0.1, 0.15) is 39.0 Å². The molecule has 4 heteroatoms. The lowest BCUT2D eigenvalue weighted by molar-refractivity contribution is -0.0259. The van der Waals surface area contributed by atoms with Crippen molar-refractivity contribution < 1.29 is 14.6 Å². The smallest absolute Gasteiger partial charge is 0.189 e. The Morgan fingerprint density at radius 1 is 1.18 bits per heavy atom. The molecule has 1 rings (SSSR count). The number of aliphatic hydroxyl groups is 2. The van der Waals surface area contributed by atoms with Crippen LogP contribution in [0.5, 0.6) is 0 Å². The second-order valence-electron chi connectivity index (χ2n) is 5.76. The molecule has 102 valence electrons. The van der Waals surface area contributed by atoms with Gasteiger partial charge in [-0.25, -0.2) is 0 Å². The highest BCUT2D eigenvalue weighted by Crippen LogP contribution is 2.31. The topological polar surface area (TPSA) is 49.7 Å². The highest BCUT2D eigenvalue weighted by molar-refractivity contribution is 6.72. The molecule has 1 aliphatic rings. The molecule has 0 spiro atoms. The summed E-state index contributed by atoms with van der Waals surface area (Å²) in [6, 6.07) is 2.41. The van der Waals surface area contributed by atoms with E-state index in [9.17, 15) is 10.2 Å². The van der Waals surface area contributed by atoms with Gasteiger partial charge in [-0.15, -0.1) is 0 Å². The molecule has 0 saturated heterocycles. The third-order valence-electron chi connectivity index (χ3n) is 4.24. The van der Waals surface area contributed by atoms with Gasteiger partial charge in [0.05, 0.1) is 12.2 Å². The van der Waals surface area contributed by atoms with Crippen LogP contribution in [0.3, 0.4) is 0 Å². The van der Waals surface area contributed by atoms with Gasteiger partial charge in [0.2, 0.25) is 0 Å². The first kappa shape index (κ1) is 15.2. The van der Waals surface area contributed by atoms with E-state index in [2.05, 4.69) is 13.5 Å². The van der Waals surface area contributed by atoms with E-state index in [0.717, 1.165) is 25.7 Å². The Kier molecular flexibility index (Phi) is 6.13. The molecule has 0 amide bonds. The van der Waals surface area contributed by atoms with E-state index in [-0.39, 0.29) is 0 Å². The second kappa shape index (κ2) is 6.88. The maximum Gasteiger partial charge on any atom is 0.189 e. The third kappa shape index (κ3) is 4.70. The Morgan fingerprint density at radius 2 is 1.88 bits per heavy atom. The zero-order valence-corrected chi connectivity index (χ0v) is 12.5. The Bertz CT molecular complexity index is 225. The van der Waals surface area contributed by atoms with Crippen molar-refractivity contribution in [3.8, 4) is 0 Å². The Hall–Kier alpha value is 0.0969. The molecule has 1 aliphatic carbocycles. The lowest BCUT2D eigenvalue weighted by Gasteiger charge is -2.32. The molecule has 3 nitrogen and oxygen atoms in total. The third-order valence-corrected chi connectivity index (χ3v) is 8.13. The summed E-state index contributed by atoms with van der Waals surface area (Å²) in [5, 5.41) is 19.2. The highest BCUT2D eigenvalue weighted by atomic mass is 28.4. The van der Waals surface area contributed by atoms with Gasteiger partial charge in [-0.3, -0.25) is 0 Å². The van der Waals surface area contributed by atoms with Gasteiger partial charge in [0.1, 0.15) is 0 Å². The maximum absolute atomic E-state index is 9.67. The van der Waals surface area contributed by atoms with Crippen molar-refractivity contribution in [3.05, 3.63) is 0 Å². The van der Waals surface area contributed by atoms with Crippen LogP contribution in [0.2, 0.25) is 18.6 Å². The van der Waals surface area contributed by atoms with Crippen molar-refractivity contribution in [2.45, 2.75) is 69.9 Å². The number of rotatable bonds is 6. The van der Waals surface area contributed by atoms with E-state index in [4.69, 9.17) is 4.43 Å². The first-order valence-electron chi connectivity index (χ1n) is 6.92. The standard InChI is InChI=1S/C13H28O3Si/c1-4-8-17(3,16-2)9-7-11-5-6-12(14)13(15)10-11/h11-15H,4-10H2,1-3H3. The highest BCUT2D eigenvalue weighted by Gasteiger charge is 2.31. The molecule has 0 radical (unpaired) electrons. The van der Waals surface area contributed by atoms with Gasteiger partial charge in [0.15, 0.2) is 8.32 Å². The fourth-order valence-electron chi connectivity index (χ4n) is 2.84. The van der Waals surface area contributed by atoms with Crippen LogP contribution in [0.4, 0.5) is 0 Å². The Labute approximate surface area is 106 Å². The first-order chi connectivity index (χ1) is 8.00. The fraction of sp³-hybridized carbons (Fsp3) is 1.00. The molecule has 4 unspecified atom stereocenters. The van der Waals surface area contributed by atoms with Crippen LogP contribution < -0.4 is 0 Å². The summed E-state index contributed by atoms with van der Waals surface area (Å²) < 4.78 is 5.74. The van der Waals surface area contributed by atoms with Gasteiger partial charge in [-0.05, 0) is 43.8 Å². The molecule has 0 aliphatic heterocycles. The van der Waals surface area contributed by atoms with Crippen molar-refractivity contribution in [2.75, 3.05) is 7.11 Å². The lowest BCUT2D eigenvalue weighted by Crippen LogP contribution is -2.36. The van der Waals surface area contributed by atoms with Crippen LogP contribution in [-0.2, 0) is 4.43 Å². The number of aliphatic hydroxyl groups excluding tert-OH is 2. The predicted molar refractivity (Wildman–Crippen MR) is 72.5 cm³/mol. The van der Waals surface area contributed by atoms with Crippen molar-refractivity contribution >= 4 is 8.32 Å². The average Bonchev–Trinajstić information content (AvgIpc) is 2.31. The summed E-state index contributed by atoms with van der Waals surface area (Å²) in [5.41, 5.74) is 0. The number of hydrogen-bond acceptors (Lipinski definition) is 3. The lowest BCUT2D eigenvalue weighted by atomic mass is 9.84. The normalized spacial score (nSPS) is 33.4. The summed E-state index contributed by atoms with van der Waals surface area (Å²) >= 11 is 0. The van der Waals surface area contributed by atoms with Crippen LogP contribution >= 0.6 is 0 Å². The number of hydrogen-bond donors (Lipinski definition) is 2. The van der Waals surface area contributed by atoms with Gasteiger partial charge >= 0.3 is 0 Å². The van der Waals surface area contributed by atoms with Crippen molar-refractivity contribution in [3.63, 3.8) is 0 Å². The summed E-state index contributed by atoms with van der Waals surface area (Å²) in [5.74, 6) is 0.576. The molecule has 0 aromatic heterocycles. The van der Waals surface area contributed by atoms with E-state index in [0.29, 0.717) is 5.92 Å². The summed E-state index contributed by atoms with van der Waals surface area (Å²) in [7, 11) is 0.358. The largest absolute Gasteiger partial charge is 0.420 e.